The average Bonchev–Trinajstić information content (AvgIpc) is 3.95. The molecule has 274 valence electrons. The zero-order valence-electron chi connectivity index (χ0n) is 30.2. The van der Waals surface area contributed by atoms with Crippen molar-refractivity contribution in [2.75, 3.05) is 12.3 Å². The standard InChI is InChI=1S/C36H57N5O7S/c1-7-12-21-19-36(21,28(42)30(44)37-22-14-15-22)39-29(43)26-25-23(34(25,5)6)20-41(26)31(45)27(33(2,3)4)38-32(46)40-35(16-9-8-10-17-35)24-13-11-18-49(24,47)48/h21-27H,7-20H2,1-6H3,(H,37,44)(H,39,43)(H2,38,40,46)/t21-,23?,24?,25?,26-,27-,36?/m0/s1. The van der Waals surface area contributed by atoms with Crippen molar-refractivity contribution >= 4 is 39.4 Å². The lowest BCUT2D eigenvalue weighted by Gasteiger charge is -2.43. The van der Waals surface area contributed by atoms with Gasteiger partial charge in [-0.05, 0) is 80.0 Å². The fourth-order valence-corrected chi connectivity index (χ4v) is 12.0. The van der Waals surface area contributed by atoms with E-state index in [0.29, 0.717) is 45.1 Å². The Kier molecular flexibility index (Phi) is 9.22. The van der Waals surface area contributed by atoms with E-state index < -0.39 is 67.3 Å². The summed E-state index contributed by atoms with van der Waals surface area (Å²) in [6, 6.07) is -2.42. The van der Waals surface area contributed by atoms with Crippen LogP contribution in [0.1, 0.15) is 119 Å². The number of fused-ring (bicyclic) bond motifs is 1. The van der Waals surface area contributed by atoms with Crippen LogP contribution >= 0.6 is 0 Å². The van der Waals surface area contributed by atoms with Crippen molar-refractivity contribution in [1.82, 2.24) is 26.2 Å². The Morgan fingerprint density at radius 3 is 2.18 bits per heavy atom. The molecule has 5 amide bonds. The van der Waals surface area contributed by atoms with Crippen molar-refractivity contribution in [2.45, 2.75) is 153 Å². The molecule has 4 N–H and O–H groups in total. The Bertz CT molecular complexity index is 1490. The van der Waals surface area contributed by atoms with Gasteiger partial charge in [-0.3, -0.25) is 19.2 Å². The largest absolute Gasteiger partial charge is 0.347 e. The predicted molar refractivity (Wildman–Crippen MR) is 184 cm³/mol. The third-order valence-electron chi connectivity index (χ3n) is 12.8. The number of hydrogen-bond acceptors (Lipinski definition) is 7. The molecule has 2 aliphatic heterocycles. The minimum Gasteiger partial charge on any atom is -0.347 e. The predicted octanol–water partition coefficient (Wildman–Crippen LogP) is 2.99. The molecule has 4 aliphatic carbocycles. The van der Waals surface area contributed by atoms with E-state index in [0.717, 1.165) is 38.5 Å². The van der Waals surface area contributed by atoms with Gasteiger partial charge in [-0.25, -0.2) is 13.2 Å². The quantitative estimate of drug-likeness (QED) is 0.240. The Morgan fingerprint density at radius 2 is 1.61 bits per heavy atom. The van der Waals surface area contributed by atoms with E-state index in [1.807, 2.05) is 27.7 Å². The molecule has 6 rings (SSSR count). The minimum absolute atomic E-state index is 0.0122. The SMILES string of the molecule is CCC[C@H]1CC1(NC(=O)[C@@H]1C2C(CN1C(=O)[C@H](NC(=O)NC1(C3CCCS3(=O)=O)CCCCC1)C(C)(C)C)C2(C)C)C(=O)C(=O)NC1CC1. The van der Waals surface area contributed by atoms with Gasteiger partial charge in [-0.15, -0.1) is 0 Å². The van der Waals surface area contributed by atoms with Gasteiger partial charge in [0.25, 0.3) is 5.91 Å². The maximum absolute atomic E-state index is 14.5. The van der Waals surface area contributed by atoms with Crippen LogP contribution < -0.4 is 21.3 Å². The van der Waals surface area contributed by atoms with Crippen LogP contribution in [0.4, 0.5) is 4.79 Å². The van der Waals surface area contributed by atoms with Crippen molar-refractivity contribution in [3.8, 4) is 0 Å². The van der Waals surface area contributed by atoms with Crippen molar-refractivity contribution in [2.24, 2.45) is 28.6 Å². The number of hydrogen-bond donors (Lipinski definition) is 4. The van der Waals surface area contributed by atoms with Crippen LogP contribution in [-0.4, -0.2) is 89.6 Å². The first kappa shape index (κ1) is 36.1. The number of nitrogens with one attached hydrogen (secondary N) is 4. The number of nitrogens with zero attached hydrogens (tertiary/aromatic N) is 1. The smallest absolute Gasteiger partial charge is 0.315 e. The summed E-state index contributed by atoms with van der Waals surface area (Å²) in [7, 11) is -3.35. The van der Waals surface area contributed by atoms with Crippen LogP contribution in [0.25, 0.3) is 0 Å². The van der Waals surface area contributed by atoms with E-state index >= 15 is 0 Å². The number of rotatable bonds is 11. The maximum Gasteiger partial charge on any atom is 0.315 e. The van der Waals surface area contributed by atoms with E-state index in [1.54, 1.807) is 4.90 Å². The fraction of sp³-hybridized carbons (Fsp3) is 0.861. The molecular formula is C36H57N5O7S. The lowest BCUT2D eigenvalue weighted by Crippen LogP contribution is -2.65. The Labute approximate surface area is 291 Å². The summed E-state index contributed by atoms with van der Waals surface area (Å²) >= 11 is 0. The Hall–Kier alpha value is -2.70. The van der Waals surface area contributed by atoms with Crippen LogP contribution in [0, 0.1) is 28.6 Å². The van der Waals surface area contributed by atoms with Gasteiger partial charge < -0.3 is 26.2 Å². The number of urea groups is 1. The summed E-state index contributed by atoms with van der Waals surface area (Å²) in [4.78, 5) is 70.7. The molecular weight excluding hydrogens is 646 g/mol. The second-order valence-electron chi connectivity index (χ2n) is 17.7. The maximum atomic E-state index is 14.5. The van der Waals surface area contributed by atoms with Crippen LogP contribution in [-0.2, 0) is 29.0 Å². The lowest BCUT2D eigenvalue weighted by molar-refractivity contribution is -0.146. The highest BCUT2D eigenvalue weighted by Gasteiger charge is 2.71. The van der Waals surface area contributed by atoms with Crippen molar-refractivity contribution in [1.29, 1.82) is 0 Å². The number of carbonyl (C=O) groups excluding carboxylic acids is 5. The highest BCUT2D eigenvalue weighted by atomic mass is 32.2. The molecule has 2 saturated heterocycles. The van der Waals surface area contributed by atoms with E-state index in [4.69, 9.17) is 0 Å². The van der Waals surface area contributed by atoms with Crippen LogP contribution in [0.3, 0.4) is 0 Å². The average molecular weight is 704 g/mol. The fourth-order valence-electron chi connectivity index (χ4n) is 9.63. The summed E-state index contributed by atoms with van der Waals surface area (Å²) in [6.07, 6.45) is 8.45. The van der Waals surface area contributed by atoms with E-state index in [1.165, 1.54) is 0 Å². The Morgan fingerprint density at radius 1 is 0.939 bits per heavy atom. The monoisotopic (exact) mass is 703 g/mol. The molecule has 6 fully saturated rings. The molecule has 0 aromatic carbocycles. The summed E-state index contributed by atoms with van der Waals surface area (Å²) in [5.74, 6) is -2.15. The first-order valence-corrected chi connectivity index (χ1v) is 20.4. The van der Waals surface area contributed by atoms with Gasteiger partial charge in [-0.1, -0.05) is 67.2 Å². The Balaban J connectivity index is 1.21. The molecule has 0 aromatic rings. The zero-order chi connectivity index (χ0) is 35.7. The van der Waals surface area contributed by atoms with Crippen molar-refractivity contribution in [3.63, 3.8) is 0 Å². The van der Waals surface area contributed by atoms with E-state index in [2.05, 4.69) is 35.1 Å². The number of piperidine rings is 1. The lowest BCUT2D eigenvalue weighted by atomic mass is 9.78. The van der Waals surface area contributed by atoms with Gasteiger partial charge in [0.2, 0.25) is 17.6 Å². The number of sulfone groups is 1. The molecule has 4 unspecified atom stereocenters. The minimum atomic E-state index is -3.35. The topological polar surface area (TPSA) is 171 Å². The number of amides is 5. The van der Waals surface area contributed by atoms with Crippen LogP contribution in [0.5, 0.6) is 0 Å². The van der Waals surface area contributed by atoms with Gasteiger partial charge >= 0.3 is 6.03 Å². The van der Waals surface area contributed by atoms with Gasteiger partial charge in [0.05, 0.1) is 16.5 Å². The molecule has 0 aromatic heterocycles. The second-order valence-corrected chi connectivity index (χ2v) is 20.0. The van der Waals surface area contributed by atoms with Gasteiger partial charge in [0, 0.05) is 12.6 Å². The van der Waals surface area contributed by atoms with E-state index in [-0.39, 0.29) is 40.9 Å². The number of carbonyl (C=O) groups is 5. The molecule has 0 bridgehead atoms. The van der Waals surface area contributed by atoms with Gasteiger partial charge in [0.1, 0.15) is 17.6 Å². The molecule has 6 aliphatic rings. The highest BCUT2D eigenvalue weighted by molar-refractivity contribution is 7.92. The van der Waals surface area contributed by atoms with Crippen LogP contribution in [0.15, 0.2) is 0 Å². The normalized spacial score (nSPS) is 34.2. The molecule has 7 atom stereocenters. The molecule has 4 saturated carbocycles. The summed E-state index contributed by atoms with van der Waals surface area (Å²) in [5, 5.41) is 11.2. The second kappa shape index (κ2) is 12.5. The number of likely N-dealkylation sites (tertiary alicyclic amines) is 1. The summed E-state index contributed by atoms with van der Waals surface area (Å²) < 4.78 is 26.1. The zero-order valence-corrected chi connectivity index (χ0v) is 31.0. The van der Waals surface area contributed by atoms with Crippen molar-refractivity contribution < 1.29 is 32.4 Å². The van der Waals surface area contributed by atoms with Crippen molar-refractivity contribution in [3.05, 3.63) is 0 Å². The van der Waals surface area contributed by atoms with Crippen LogP contribution in [0.2, 0.25) is 0 Å². The number of Topliss-reactive ketones (excluding diaryl/α,β-unsaturated/α-hetero) is 1. The van der Waals surface area contributed by atoms with Gasteiger partial charge in [0.15, 0.2) is 9.84 Å². The first-order valence-electron chi connectivity index (χ1n) is 18.7. The summed E-state index contributed by atoms with van der Waals surface area (Å²) in [5.41, 5.74) is -3.07. The van der Waals surface area contributed by atoms with E-state index in [9.17, 15) is 32.4 Å². The third kappa shape index (κ3) is 6.62. The molecule has 0 radical (unpaired) electrons. The first-order chi connectivity index (χ1) is 22.9. The summed E-state index contributed by atoms with van der Waals surface area (Å²) in [6.45, 7) is 12.1. The molecule has 49 heavy (non-hydrogen) atoms. The van der Waals surface area contributed by atoms with Gasteiger partial charge in [-0.2, -0.15) is 0 Å². The molecule has 12 nitrogen and oxygen atoms in total. The third-order valence-corrected chi connectivity index (χ3v) is 15.2. The molecule has 0 spiro atoms. The highest BCUT2D eigenvalue weighted by Crippen LogP contribution is 2.65. The molecule has 13 heteroatoms. The number of ketones is 1. The molecule has 2 heterocycles.